The number of hydrogen-bond acceptors (Lipinski definition) is 8. The summed E-state index contributed by atoms with van der Waals surface area (Å²) in [6, 6.07) is 13.4. The second kappa shape index (κ2) is 11.1. The lowest BCUT2D eigenvalue weighted by molar-refractivity contribution is 0.242. The molecule has 0 unspecified atom stereocenters. The predicted octanol–water partition coefficient (Wildman–Crippen LogP) is 4.78. The number of nitrogens with zero attached hydrogens (tertiary/aromatic N) is 4. The van der Waals surface area contributed by atoms with E-state index in [1.807, 2.05) is 38.1 Å². The molecule has 200 valence electrons. The first kappa shape index (κ1) is 26.8. The first-order valence-corrected chi connectivity index (χ1v) is 15.6. The number of rotatable bonds is 9. The minimum absolute atomic E-state index is 0.0246. The van der Waals surface area contributed by atoms with Gasteiger partial charge in [0.25, 0.3) is 0 Å². The molecule has 2 atom stereocenters. The molecule has 0 radical (unpaired) electrons. The molecule has 1 aliphatic heterocycles. The van der Waals surface area contributed by atoms with Crippen molar-refractivity contribution >= 4 is 21.4 Å². The molecule has 5 rings (SSSR count). The number of nitriles is 1. The van der Waals surface area contributed by atoms with Crippen molar-refractivity contribution in [2.45, 2.75) is 52.2 Å². The van der Waals surface area contributed by atoms with Gasteiger partial charge in [-0.25, -0.2) is 13.1 Å². The Labute approximate surface area is 228 Å². The van der Waals surface area contributed by atoms with Gasteiger partial charge in [-0.3, -0.25) is 0 Å². The van der Waals surface area contributed by atoms with E-state index in [1.165, 1.54) is 11.3 Å². The minimum Gasteiger partial charge on any atom is -0.490 e. The Bertz CT molecular complexity index is 1460. The van der Waals surface area contributed by atoms with Gasteiger partial charge in [0, 0.05) is 30.3 Å². The van der Waals surface area contributed by atoms with Crippen molar-refractivity contribution in [3.8, 4) is 33.0 Å². The molecular formula is C28H33N5O3S2. The van der Waals surface area contributed by atoms with Crippen LogP contribution >= 0.6 is 11.3 Å². The molecule has 1 N–H and O–H groups in total. The van der Waals surface area contributed by atoms with E-state index in [-0.39, 0.29) is 17.9 Å². The molecule has 1 aliphatic carbocycles. The topological polar surface area (TPSA) is 108 Å². The number of hydrogen-bond donors (Lipinski definition) is 1. The van der Waals surface area contributed by atoms with E-state index in [0.717, 1.165) is 64.6 Å². The van der Waals surface area contributed by atoms with Crippen LogP contribution in [0.5, 0.6) is 5.75 Å². The van der Waals surface area contributed by atoms with E-state index in [1.54, 1.807) is 12.1 Å². The van der Waals surface area contributed by atoms with Crippen molar-refractivity contribution in [1.82, 2.24) is 19.8 Å². The van der Waals surface area contributed by atoms with Gasteiger partial charge in [-0.1, -0.05) is 36.5 Å². The maximum atomic E-state index is 12.9. The number of aromatic nitrogens is 2. The van der Waals surface area contributed by atoms with E-state index in [4.69, 9.17) is 4.74 Å². The molecule has 1 fully saturated rings. The summed E-state index contributed by atoms with van der Waals surface area (Å²) in [5.74, 6) is 1.31. The van der Waals surface area contributed by atoms with Crippen molar-refractivity contribution < 1.29 is 13.2 Å². The van der Waals surface area contributed by atoms with Gasteiger partial charge in [0.05, 0.1) is 17.4 Å². The molecule has 0 amide bonds. The molecule has 2 heterocycles. The fourth-order valence-corrected chi connectivity index (χ4v) is 7.47. The highest BCUT2D eigenvalue weighted by atomic mass is 32.2. The van der Waals surface area contributed by atoms with E-state index >= 15 is 0 Å². The lowest BCUT2D eigenvalue weighted by atomic mass is 10.0. The smallest absolute Gasteiger partial charge is 0.213 e. The zero-order chi connectivity index (χ0) is 26.9. The Morgan fingerprint density at radius 1 is 1.21 bits per heavy atom. The van der Waals surface area contributed by atoms with Crippen molar-refractivity contribution in [3.05, 3.63) is 53.1 Å². The third-order valence-corrected chi connectivity index (χ3v) is 9.51. The molecule has 8 nitrogen and oxygen atoms in total. The van der Waals surface area contributed by atoms with E-state index < -0.39 is 10.0 Å². The molecule has 1 aromatic heterocycles. The van der Waals surface area contributed by atoms with Crippen LogP contribution in [-0.4, -0.2) is 55.0 Å². The molecular weight excluding hydrogens is 518 g/mol. The number of sulfonamides is 1. The van der Waals surface area contributed by atoms with Crippen molar-refractivity contribution in [2.75, 3.05) is 25.4 Å². The summed E-state index contributed by atoms with van der Waals surface area (Å²) in [4.78, 5) is 2.24. The van der Waals surface area contributed by atoms with Gasteiger partial charge in [-0.2, -0.15) is 5.26 Å². The Kier molecular flexibility index (Phi) is 7.82. The van der Waals surface area contributed by atoms with Crippen LogP contribution in [0.2, 0.25) is 0 Å². The van der Waals surface area contributed by atoms with Crippen LogP contribution in [0, 0.1) is 17.2 Å². The first-order chi connectivity index (χ1) is 18.2. The average molecular weight is 552 g/mol. The van der Waals surface area contributed by atoms with Crippen LogP contribution in [0.3, 0.4) is 0 Å². The molecule has 0 saturated carbocycles. The minimum atomic E-state index is -3.39. The third kappa shape index (κ3) is 5.91. The number of benzene rings is 2. The van der Waals surface area contributed by atoms with Crippen molar-refractivity contribution in [3.63, 3.8) is 0 Å². The third-order valence-electron chi connectivity index (χ3n) is 7.14. The summed E-state index contributed by atoms with van der Waals surface area (Å²) in [6.07, 6.45) is 2.61. The van der Waals surface area contributed by atoms with E-state index in [9.17, 15) is 13.7 Å². The zero-order valence-corrected chi connectivity index (χ0v) is 23.6. The highest BCUT2D eigenvalue weighted by Gasteiger charge is 2.30. The molecule has 2 aliphatic rings. The first-order valence-electron chi connectivity index (χ1n) is 13.1. The lowest BCUT2D eigenvalue weighted by Gasteiger charge is -2.18. The molecule has 0 spiro atoms. The molecule has 2 aromatic carbocycles. The highest BCUT2D eigenvalue weighted by Crippen LogP contribution is 2.40. The predicted molar refractivity (Wildman–Crippen MR) is 149 cm³/mol. The van der Waals surface area contributed by atoms with Crippen LogP contribution in [0.4, 0.5) is 0 Å². The standard InChI is InChI=1S/C28H33N5O3S2/c1-18(2)36-26-10-7-20(15-21(26)16-29)27-30-31-28(37-27)24-6-4-5-23-22(24)8-9-25(23)32-38(34,35)14-13-33-12-11-19(3)17-33/h4-7,10,15,18-19,25,32H,8-9,11-14,17H2,1-3H3/t19-,25-/m1/s1. The quantitative estimate of drug-likeness (QED) is 0.408. The number of likely N-dealkylation sites (tertiary alicyclic amines) is 1. The highest BCUT2D eigenvalue weighted by molar-refractivity contribution is 7.89. The Balaban J connectivity index is 1.32. The maximum Gasteiger partial charge on any atom is 0.213 e. The monoisotopic (exact) mass is 551 g/mol. The summed E-state index contributed by atoms with van der Waals surface area (Å²) < 4.78 is 34.5. The Morgan fingerprint density at radius 3 is 2.76 bits per heavy atom. The summed E-state index contributed by atoms with van der Waals surface area (Å²) in [5, 5.41) is 19.9. The molecule has 0 bridgehead atoms. The van der Waals surface area contributed by atoms with Gasteiger partial charge < -0.3 is 9.64 Å². The van der Waals surface area contributed by atoms with Gasteiger partial charge in [-0.15, -0.1) is 10.2 Å². The number of nitrogens with one attached hydrogen (secondary N) is 1. The zero-order valence-electron chi connectivity index (χ0n) is 22.0. The Morgan fingerprint density at radius 2 is 2.03 bits per heavy atom. The largest absolute Gasteiger partial charge is 0.490 e. The summed E-state index contributed by atoms with van der Waals surface area (Å²) in [6.45, 7) is 8.59. The van der Waals surface area contributed by atoms with Crippen LogP contribution in [-0.2, 0) is 16.4 Å². The fraction of sp³-hybridized carbons (Fsp3) is 0.464. The van der Waals surface area contributed by atoms with Crippen molar-refractivity contribution in [1.29, 1.82) is 5.26 Å². The van der Waals surface area contributed by atoms with E-state index in [0.29, 0.717) is 23.8 Å². The van der Waals surface area contributed by atoms with Gasteiger partial charge in [0.1, 0.15) is 21.8 Å². The van der Waals surface area contributed by atoms with Crippen LogP contribution < -0.4 is 9.46 Å². The fourth-order valence-electron chi connectivity index (χ4n) is 5.29. The van der Waals surface area contributed by atoms with Gasteiger partial charge in [-0.05, 0) is 74.9 Å². The normalized spacial score (nSPS) is 19.6. The molecule has 10 heteroatoms. The molecule has 1 saturated heterocycles. The average Bonchev–Trinajstić information content (AvgIpc) is 3.63. The summed E-state index contributed by atoms with van der Waals surface area (Å²) in [7, 11) is -3.39. The van der Waals surface area contributed by atoms with E-state index in [2.05, 4.69) is 32.8 Å². The van der Waals surface area contributed by atoms with Crippen molar-refractivity contribution in [2.24, 2.45) is 5.92 Å². The van der Waals surface area contributed by atoms with Crippen LogP contribution in [0.15, 0.2) is 36.4 Å². The van der Waals surface area contributed by atoms with Crippen LogP contribution in [0.25, 0.3) is 21.1 Å². The summed E-state index contributed by atoms with van der Waals surface area (Å²) in [5.41, 5.74) is 4.39. The Hall–Kier alpha value is -2.84. The lowest BCUT2D eigenvalue weighted by Crippen LogP contribution is -2.35. The second-order valence-corrected chi connectivity index (χ2v) is 13.3. The number of fused-ring (bicyclic) bond motifs is 1. The maximum absolute atomic E-state index is 12.9. The SMILES string of the molecule is CC(C)Oc1ccc(-c2nnc(-c3cccc4c3CC[C@H]4NS(=O)(=O)CCN3CC[C@@H](C)C3)s2)cc1C#N. The summed E-state index contributed by atoms with van der Waals surface area (Å²) >= 11 is 1.46. The molecule has 38 heavy (non-hydrogen) atoms. The number of ether oxygens (including phenoxy) is 1. The second-order valence-electron chi connectivity index (χ2n) is 10.5. The van der Waals surface area contributed by atoms with Crippen LogP contribution in [0.1, 0.15) is 56.3 Å². The van der Waals surface area contributed by atoms with Gasteiger partial charge in [0.2, 0.25) is 10.0 Å². The molecule has 3 aromatic rings. The van der Waals surface area contributed by atoms with Gasteiger partial charge in [0.15, 0.2) is 0 Å². The van der Waals surface area contributed by atoms with Gasteiger partial charge >= 0.3 is 0 Å².